The van der Waals surface area contributed by atoms with Crippen LogP contribution in [0.3, 0.4) is 0 Å². The highest BCUT2D eigenvalue weighted by Crippen LogP contribution is 2.19. The number of carbonyl (C=O) groups excluding carboxylic acids is 1. The van der Waals surface area contributed by atoms with Gasteiger partial charge in [-0.1, -0.05) is 6.07 Å². The summed E-state index contributed by atoms with van der Waals surface area (Å²) >= 11 is 1.61. The van der Waals surface area contributed by atoms with Crippen molar-refractivity contribution in [2.75, 3.05) is 11.6 Å². The van der Waals surface area contributed by atoms with E-state index in [2.05, 4.69) is 5.32 Å². The van der Waals surface area contributed by atoms with Gasteiger partial charge in [0.15, 0.2) is 0 Å². The molecule has 1 unspecified atom stereocenters. The van der Waals surface area contributed by atoms with Crippen molar-refractivity contribution in [1.82, 2.24) is 0 Å². The average Bonchev–Trinajstić information content (AvgIpc) is 2.28. The summed E-state index contributed by atoms with van der Waals surface area (Å²) < 4.78 is 0. The fraction of sp³-hybridized carbons (Fsp3) is 0.273. The zero-order valence-electron chi connectivity index (χ0n) is 8.65. The van der Waals surface area contributed by atoms with Crippen LogP contribution in [0.1, 0.15) is 6.92 Å². The predicted molar refractivity (Wildman–Crippen MR) is 61.6 cm³/mol. The van der Waals surface area contributed by atoms with Crippen LogP contribution in [-0.4, -0.2) is 12.2 Å². The van der Waals surface area contributed by atoms with Crippen LogP contribution in [0.25, 0.3) is 0 Å². The van der Waals surface area contributed by atoms with Gasteiger partial charge in [-0.3, -0.25) is 4.79 Å². The van der Waals surface area contributed by atoms with Crippen LogP contribution in [0.4, 0.5) is 5.69 Å². The molecule has 3 nitrogen and oxygen atoms in total. The van der Waals surface area contributed by atoms with Crippen LogP contribution in [0.15, 0.2) is 29.2 Å². The van der Waals surface area contributed by atoms with Crippen molar-refractivity contribution in [3.05, 3.63) is 24.3 Å². The topological polar surface area (TPSA) is 52.9 Å². The van der Waals surface area contributed by atoms with Gasteiger partial charge >= 0.3 is 0 Å². The van der Waals surface area contributed by atoms with E-state index in [9.17, 15) is 4.79 Å². The van der Waals surface area contributed by atoms with Crippen molar-refractivity contribution >= 4 is 23.4 Å². The van der Waals surface area contributed by atoms with Gasteiger partial charge in [-0.15, -0.1) is 11.8 Å². The van der Waals surface area contributed by atoms with E-state index in [1.807, 2.05) is 36.6 Å². The van der Waals surface area contributed by atoms with Crippen molar-refractivity contribution in [3.8, 4) is 6.07 Å². The van der Waals surface area contributed by atoms with E-state index < -0.39 is 5.92 Å². The summed E-state index contributed by atoms with van der Waals surface area (Å²) in [4.78, 5) is 12.5. The molecule has 1 N–H and O–H groups in total. The summed E-state index contributed by atoms with van der Waals surface area (Å²) in [5, 5.41) is 11.3. The molecule has 0 spiro atoms. The summed E-state index contributed by atoms with van der Waals surface area (Å²) in [6.45, 7) is 1.58. The van der Waals surface area contributed by atoms with Gasteiger partial charge < -0.3 is 5.32 Å². The molecule has 1 aromatic rings. The number of benzene rings is 1. The summed E-state index contributed by atoms with van der Waals surface area (Å²) in [6, 6.07) is 9.42. The molecule has 0 saturated heterocycles. The molecule has 4 heteroatoms. The van der Waals surface area contributed by atoms with Gasteiger partial charge in [0.05, 0.1) is 6.07 Å². The number of thioether (sulfide) groups is 1. The number of hydrogen-bond donors (Lipinski definition) is 1. The molecule has 1 atom stereocenters. The molecule has 0 aliphatic carbocycles. The maximum Gasteiger partial charge on any atom is 0.241 e. The maximum absolute atomic E-state index is 11.4. The second-order valence-corrected chi connectivity index (χ2v) is 3.95. The number of anilines is 1. The number of nitrogens with one attached hydrogen (secondary N) is 1. The van der Waals surface area contributed by atoms with E-state index in [0.29, 0.717) is 0 Å². The Morgan fingerprint density at radius 3 is 2.93 bits per heavy atom. The molecule has 78 valence electrons. The predicted octanol–water partition coefficient (Wildman–Crippen LogP) is 2.51. The second-order valence-electron chi connectivity index (χ2n) is 3.07. The lowest BCUT2D eigenvalue weighted by atomic mass is 10.2. The number of nitrogens with zero attached hydrogens (tertiary/aromatic N) is 1. The Kier molecular flexibility index (Phi) is 4.19. The Balaban J connectivity index is 2.73. The molecule has 0 fully saturated rings. The summed E-state index contributed by atoms with van der Waals surface area (Å²) in [6.07, 6.45) is 1.97. The average molecular weight is 220 g/mol. The monoisotopic (exact) mass is 220 g/mol. The smallest absolute Gasteiger partial charge is 0.241 e. The largest absolute Gasteiger partial charge is 0.325 e. The second kappa shape index (κ2) is 5.42. The molecule has 0 aromatic heterocycles. The van der Waals surface area contributed by atoms with Crippen LogP contribution in [-0.2, 0) is 4.79 Å². The van der Waals surface area contributed by atoms with E-state index in [4.69, 9.17) is 5.26 Å². The molecule has 0 aliphatic heterocycles. The third-order valence-corrected chi connectivity index (χ3v) is 2.65. The lowest BCUT2D eigenvalue weighted by molar-refractivity contribution is -0.117. The molecule has 1 aromatic carbocycles. The number of carbonyl (C=O) groups is 1. The van der Waals surface area contributed by atoms with Crippen molar-refractivity contribution in [1.29, 1.82) is 5.26 Å². The van der Waals surface area contributed by atoms with Gasteiger partial charge in [0, 0.05) is 10.6 Å². The van der Waals surface area contributed by atoms with Crippen molar-refractivity contribution < 1.29 is 4.79 Å². The van der Waals surface area contributed by atoms with Gasteiger partial charge in [-0.05, 0) is 31.4 Å². The Morgan fingerprint density at radius 2 is 2.33 bits per heavy atom. The highest BCUT2D eigenvalue weighted by Gasteiger charge is 2.11. The zero-order valence-corrected chi connectivity index (χ0v) is 9.47. The molecule has 0 aliphatic rings. The fourth-order valence-electron chi connectivity index (χ4n) is 1.01. The zero-order chi connectivity index (χ0) is 11.3. The van der Waals surface area contributed by atoms with Crippen LogP contribution in [0, 0.1) is 17.2 Å². The Labute approximate surface area is 93.5 Å². The number of amides is 1. The minimum atomic E-state index is -0.622. The van der Waals surface area contributed by atoms with E-state index in [1.165, 1.54) is 0 Å². The van der Waals surface area contributed by atoms with Crippen LogP contribution >= 0.6 is 11.8 Å². The fourth-order valence-corrected chi connectivity index (χ4v) is 1.47. The van der Waals surface area contributed by atoms with Gasteiger partial charge in [0.2, 0.25) is 5.91 Å². The van der Waals surface area contributed by atoms with Gasteiger partial charge in [-0.25, -0.2) is 0 Å². The summed E-state index contributed by atoms with van der Waals surface area (Å²) in [5.41, 5.74) is 0.731. The first kappa shape index (κ1) is 11.6. The molecular formula is C11H12N2OS. The van der Waals surface area contributed by atoms with Crippen LogP contribution < -0.4 is 5.32 Å². The molecule has 0 radical (unpaired) electrons. The van der Waals surface area contributed by atoms with E-state index in [1.54, 1.807) is 18.7 Å². The SMILES string of the molecule is CSc1cccc(NC(=O)C(C)C#N)c1. The summed E-state index contributed by atoms with van der Waals surface area (Å²) in [5.74, 6) is -0.890. The minimum absolute atomic E-state index is 0.268. The van der Waals surface area contributed by atoms with Crippen molar-refractivity contribution in [2.45, 2.75) is 11.8 Å². The first-order chi connectivity index (χ1) is 7.17. The van der Waals surface area contributed by atoms with Crippen molar-refractivity contribution in [2.24, 2.45) is 5.92 Å². The molecule has 0 bridgehead atoms. The number of rotatable bonds is 3. The number of nitriles is 1. The van der Waals surface area contributed by atoms with Gasteiger partial charge in [-0.2, -0.15) is 5.26 Å². The Morgan fingerprint density at radius 1 is 1.60 bits per heavy atom. The van der Waals surface area contributed by atoms with Crippen LogP contribution in [0.5, 0.6) is 0 Å². The molecule has 0 saturated carbocycles. The lowest BCUT2D eigenvalue weighted by Crippen LogP contribution is -2.18. The standard InChI is InChI=1S/C11H12N2OS/c1-8(7-12)11(14)13-9-4-3-5-10(6-9)15-2/h3-6,8H,1-2H3,(H,13,14). The van der Waals surface area contributed by atoms with Crippen LogP contribution in [0.2, 0.25) is 0 Å². The van der Waals surface area contributed by atoms with E-state index in [0.717, 1.165) is 10.6 Å². The molecule has 15 heavy (non-hydrogen) atoms. The molecular weight excluding hydrogens is 208 g/mol. The number of hydrogen-bond acceptors (Lipinski definition) is 3. The highest BCUT2D eigenvalue weighted by atomic mass is 32.2. The first-order valence-electron chi connectivity index (χ1n) is 4.52. The quantitative estimate of drug-likeness (QED) is 0.796. The third-order valence-electron chi connectivity index (χ3n) is 1.92. The first-order valence-corrected chi connectivity index (χ1v) is 5.74. The summed E-state index contributed by atoms with van der Waals surface area (Å²) in [7, 11) is 0. The normalized spacial score (nSPS) is 11.5. The highest BCUT2D eigenvalue weighted by molar-refractivity contribution is 7.98. The van der Waals surface area contributed by atoms with Crippen molar-refractivity contribution in [3.63, 3.8) is 0 Å². The van der Waals surface area contributed by atoms with E-state index in [-0.39, 0.29) is 5.91 Å². The third kappa shape index (κ3) is 3.30. The molecule has 1 rings (SSSR count). The maximum atomic E-state index is 11.4. The molecule has 1 amide bonds. The van der Waals surface area contributed by atoms with Gasteiger partial charge in [0.1, 0.15) is 5.92 Å². The minimum Gasteiger partial charge on any atom is -0.325 e. The molecule has 0 heterocycles. The van der Waals surface area contributed by atoms with Gasteiger partial charge in [0.25, 0.3) is 0 Å². The lowest BCUT2D eigenvalue weighted by Gasteiger charge is -2.06. The Hall–Kier alpha value is -1.47. The van der Waals surface area contributed by atoms with E-state index >= 15 is 0 Å². The Bertz CT molecular complexity index is 398.